The first-order valence-electron chi connectivity index (χ1n) is 10.4. The summed E-state index contributed by atoms with van der Waals surface area (Å²) in [6, 6.07) is 9.20. The van der Waals surface area contributed by atoms with Crippen LogP contribution in [0.5, 0.6) is 5.75 Å². The number of para-hydroxylation sites is 1. The van der Waals surface area contributed by atoms with E-state index in [1.165, 1.54) is 0 Å². The van der Waals surface area contributed by atoms with Crippen LogP contribution in [-0.4, -0.2) is 58.3 Å². The highest BCUT2D eigenvalue weighted by atomic mass is 16.5. The van der Waals surface area contributed by atoms with Crippen molar-refractivity contribution >= 4 is 17.6 Å². The van der Waals surface area contributed by atoms with E-state index in [-0.39, 0.29) is 24.5 Å². The molecule has 0 bridgehead atoms. The molecule has 0 aliphatic carbocycles. The summed E-state index contributed by atoms with van der Waals surface area (Å²) < 4.78 is 5.65. The number of nitrogens with one attached hydrogen (secondary N) is 1. The molecule has 2 aliphatic heterocycles. The number of aromatic nitrogens is 2. The zero-order valence-electron chi connectivity index (χ0n) is 17.4. The number of hydrogen-bond donors (Lipinski definition) is 1. The van der Waals surface area contributed by atoms with E-state index in [4.69, 9.17) is 14.7 Å². The third-order valence-electron chi connectivity index (χ3n) is 5.74. The molecule has 1 aromatic heterocycles. The molecular weight excluding hydrogens is 382 g/mol. The first kappa shape index (κ1) is 20.1. The minimum atomic E-state index is -0.153. The molecule has 0 radical (unpaired) electrons. The molecule has 8 nitrogen and oxygen atoms in total. The minimum absolute atomic E-state index is 0.00207. The third kappa shape index (κ3) is 4.08. The Morgan fingerprint density at radius 2 is 2.00 bits per heavy atom. The summed E-state index contributed by atoms with van der Waals surface area (Å²) in [6.07, 6.45) is 2.44. The van der Waals surface area contributed by atoms with Crippen molar-refractivity contribution in [1.82, 2.24) is 19.8 Å². The van der Waals surface area contributed by atoms with E-state index in [1.54, 1.807) is 11.8 Å². The lowest BCUT2D eigenvalue weighted by Crippen LogP contribution is -2.37. The summed E-state index contributed by atoms with van der Waals surface area (Å²) >= 11 is 0. The molecule has 2 aromatic rings. The molecule has 30 heavy (non-hydrogen) atoms. The monoisotopic (exact) mass is 409 g/mol. The summed E-state index contributed by atoms with van der Waals surface area (Å²) in [4.78, 5) is 37.8. The lowest BCUT2D eigenvalue weighted by molar-refractivity contribution is -0.134. The number of anilines is 1. The number of rotatable bonds is 5. The maximum absolute atomic E-state index is 12.8. The van der Waals surface area contributed by atoms with Crippen LogP contribution in [0.3, 0.4) is 0 Å². The lowest BCUT2D eigenvalue weighted by Gasteiger charge is -2.30. The van der Waals surface area contributed by atoms with Gasteiger partial charge in [-0.05, 0) is 25.0 Å². The van der Waals surface area contributed by atoms with Gasteiger partial charge in [0.2, 0.25) is 5.91 Å². The van der Waals surface area contributed by atoms with Gasteiger partial charge < -0.3 is 19.9 Å². The summed E-state index contributed by atoms with van der Waals surface area (Å²) in [5, 5.41) is 3.15. The highest BCUT2D eigenvalue weighted by molar-refractivity contribution is 5.78. The van der Waals surface area contributed by atoms with E-state index in [0.29, 0.717) is 37.6 Å². The Morgan fingerprint density at radius 3 is 2.73 bits per heavy atom. The van der Waals surface area contributed by atoms with E-state index < -0.39 is 0 Å². The smallest absolute Gasteiger partial charge is 0.261 e. The second-order valence-corrected chi connectivity index (χ2v) is 7.64. The van der Waals surface area contributed by atoms with Crippen LogP contribution in [0, 0.1) is 0 Å². The Balaban J connectivity index is 1.52. The van der Waals surface area contributed by atoms with Crippen molar-refractivity contribution in [2.75, 3.05) is 32.1 Å². The molecule has 1 saturated heterocycles. The van der Waals surface area contributed by atoms with Crippen LogP contribution in [0.25, 0.3) is 0 Å². The summed E-state index contributed by atoms with van der Waals surface area (Å²) in [5.41, 5.74) is 1.92. The minimum Gasteiger partial charge on any atom is -0.484 e. The topological polar surface area (TPSA) is 87.7 Å². The molecule has 3 heterocycles. The van der Waals surface area contributed by atoms with Gasteiger partial charge in [0.15, 0.2) is 12.4 Å². The van der Waals surface area contributed by atoms with Crippen LogP contribution >= 0.6 is 0 Å². The molecule has 1 aromatic carbocycles. The van der Waals surface area contributed by atoms with Crippen LogP contribution in [0.4, 0.5) is 5.82 Å². The molecule has 158 valence electrons. The number of ether oxygens (including phenoxy) is 1. The van der Waals surface area contributed by atoms with Crippen molar-refractivity contribution in [2.24, 2.45) is 0 Å². The fourth-order valence-electron chi connectivity index (χ4n) is 4.14. The van der Waals surface area contributed by atoms with Crippen molar-refractivity contribution in [3.63, 3.8) is 0 Å². The Kier molecular flexibility index (Phi) is 5.83. The molecule has 1 atom stereocenters. The largest absolute Gasteiger partial charge is 0.484 e. The van der Waals surface area contributed by atoms with Gasteiger partial charge in [0.1, 0.15) is 11.6 Å². The van der Waals surface area contributed by atoms with Crippen LogP contribution in [0.1, 0.15) is 42.9 Å². The molecular formula is C22H27N5O3. The van der Waals surface area contributed by atoms with Crippen LogP contribution in [0.15, 0.2) is 30.3 Å². The van der Waals surface area contributed by atoms with E-state index in [2.05, 4.69) is 5.32 Å². The zero-order valence-corrected chi connectivity index (χ0v) is 17.4. The van der Waals surface area contributed by atoms with Crippen molar-refractivity contribution in [2.45, 2.75) is 38.8 Å². The van der Waals surface area contributed by atoms with Gasteiger partial charge in [-0.25, -0.2) is 9.97 Å². The molecule has 1 N–H and O–H groups in total. The quantitative estimate of drug-likeness (QED) is 0.814. The van der Waals surface area contributed by atoms with Crippen molar-refractivity contribution in [3.05, 3.63) is 47.4 Å². The molecule has 8 heteroatoms. The highest BCUT2D eigenvalue weighted by Crippen LogP contribution is 2.33. The Morgan fingerprint density at radius 1 is 1.20 bits per heavy atom. The number of benzene rings is 1. The first-order valence-corrected chi connectivity index (χ1v) is 10.4. The maximum Gasteiger partial charge on any atom is 0.261 e. The Hall–Kier alpha value is -3.16. The normalized spacial score (nSPS) is 18.1. The van der Waals surface area contributed by atoms with Gasteiger partial charge in [0.05, 0.1) is 18.3 Å². The molecule has 4 rings (SSSR count). The van der Waals surface area contributed by atoms with Crippen molar-refractivity contribution in [3.8, 4) is 5.75 Å². The standard InChI is InChI=1S/C22H27N5O3/c1-15(28)26-12-10-18-17(13-26)21(23-2)25-22(24-18)19-9-6-11-27(19)20(29)14-30-16-7-4-3-5-8-16/h3-5,7-8,19H,6,9-14H2,1-2H3,(H,23,24,25)/t19-/m0/s1. The fraction of sp³-hybridized carbons (Fsp3) is 0.455. The van der Waals surface area contributed by atoms with Gasteiger partial charge in [-0.3, -0.25) is 9.59 Å². The number of nitrogens with zero attached hydrogens (tertiary/aromatic N) is 4. The van der Waals surface area contributed by atoms with Gasteiger partial charge >= 0.3 is 0 Å². The molecule has 0 spiro atoms. The van der Waals surface area contributed by atoms with Gasteiger partial charge in [-0.2, -0.15) is 0 Å². The van der Waals surface area contributed by atoms with E-state index in [9.17, 15) is 9.59 Å². The second kappa shape index (κ2) is 8.69. The third-order valence-corrected chi connectivity index (χ3v) is 5.74. The summed E-state index contributed by atoms with van der Waals surface area (Å²) in [5.74, 6) is 2.08. The SMILES string of the molecule is CNc1nc([C@@H]2CCCN2C(=O)COc2ccccc2)nc2c1CN(C(C)=O)CC2. The molecule has 0 saturated carbocycles. The van der Waals surface area contributed by atoms with Gasteiger partial charge in [0, 0.05) is 39.0 Å². The summed E-state index contributed by atoms with van der Waals surface area (Å²) in [7, 11) is 1.82. The van der Waals surface area contributed by atoms with E-state index in [1.807, 2.05) is 42.3 Å². The molecule has 2 aliphatic rings. The summed E-state index contributed by atoms with van der Waals surface area (Å²) in [6.45, 7) is 3.42. The average molecular weight is 409 g/mol. The molecule has 2 amide bonds. The lowest BCUT2D eigenvalue weighted by atomic mass is 10.0. The Bertz CT molecular complexity index is 917. The van der Waals surface area contributed by atoms with Crippen LogP contribution < -0.4 is 10.1 Å². The fourth-order valence-corrected chi connectivity index (χ4v) is 4.14. The molecule has 1 fully saturated rings. The highest BCUT2D eigenvalue weighted by Gasteiger charge is 2.34. The number of fused-ring (bicyclic) bond motifs is 1. The second-order valence-electron chi connectivity index (χ2n) is 7.64. The van der Waals surface area contributed by atoms with E-state index in [0.717, 1.165) is 29.9 Å². The number of carbonyl (C=O) groups is 2. The van der Waals surface area contributed by atoms with Gasteiger partial charge in [-0.15, -0.1) is 0 Å². The predicted molar refractivity (Wildman–Crippen MR) is 112 cm³/mol. The average Bonchev–Trinajstić information content (AvgIpc) is 3.27. The maximum atomic E-state index is 12.8. The Labute approximate surface area is 176 Å². The van der Waals surface area contributed by atoms with Crippen molar-refractivity contribution in [1.29, 1.82) is 0 Å². The van der Waals surface area contributed by atoms with Gasteiger partial charge in [0.25, 0.3) is 5.91 Å². The first-order chi connectivity index (χ1) is 14.6. The number of carbonyl (C=O) groups excluding carboxylic acids is 2. The molecule has 0 unspecified atom stereocenters. The van der Waals surface area contributed by atoms with Crippen molar-refractivity contribution < 1.29 is 14.3 Å². The zero-order chi connectivity index (χ0) is 21.1. The van der Waals surface area contributed by atoms with Gasteiger partial charge in [-0.1, -0.05) is 18.2 Å². The van der Waals surface area contributed by atoms with Crippen LogP contribution in [0.2, 0.25) is 0 Å². The predicted octanol–water partition coefficient (Wildman–Crippen LogP) is 2.17. The number of amides is 2. The van der Waals surface area contributed by atoms with Crippen LogP contribution in [-0.2, 0) is 22.6 Å². The van der Waals surface area contributed by atoms with E-state index >= 15 is 0 Å². The number of hydrogen-bond acceptors (Lipinski definition) is 6. The number of likely N-dealkylation sites (tertiary alicyclic amines) is 1.